The molecule has 1 saturated carbocycles. The SMILES string of the molecule is CN(Cc1cnc[nH]1)C1CCC1. The maximum Gasteiger partial charge on any atom is 0.0922 e. The molecular weight excluding hydrogens is 150 g/mol. The van der Waals surface area contributed by atoms with Gasteiger partial charge in [0.2, 0.25) is 0 Å². The Morgan fingerprint density at radius 1 is 1.67 bits per heavy atom. The van der Waals surface area contributed by atoms with E-state index in [0.717, 1.165) is 12.6 Å². The van der Waals surface area contributed by atoms with Crippen LogP contribution in [0.25, 0.3) is 0 Å². The summed E-state index contributed by atoms with van der Waals surface area (Å²) in [6.07, 6.45) is 7.77. The first kappa shape index (κ1) is 7.80. The van der Waals surface area contributed by atoms with E-state index >= 15 is 0 Å². The molecule has 66 valence electrons. The molecule has 1 heterocycles. The molecule has 1 aliphatic carbocycles. The molecule has 1 aliphatic rings. The third kappa shape index (κ3) is 1.50. The van der Waals surface area contributed by atoms with Crippen molar-refractivity contribution < 1.29 is 0 Å². The first-order valence-corrected chi connectivity index (χ1v) is 4.54. The Hall–Kier alpha value is -0.830. The van der Waals surface area contributed by atoms with Crippen LogP contribution in [0.15, 0.2) is 12.5 Å². The van der Waals surface area contributed by atoms with E-state index < -0.39 is 0 Å². The molecule has 1 aromatic rings. The highest BCUT2D eigenvalue weighted by Gasteiger charge is 2.21. The van der Waals surface area contributed by atoms with Crippen LogP contribution in [0.5, 0.6) is 0 Å². The summed E-state index contributed by atoms with van der Waals surface area (Å²) in [4.78, 5) is 9.51. The number of hydrogen-bond acceptors (Lipinski definition) is 2. The first-order valence-electron chi connectivity index (χ1n) is 4.54. The minimum absolute atomic E-state index is 0.813. The van der Waals surface area contributed by atoms with Crippen LogP contribution < -0.4 is 0 Å². The molecular formula is C9H15N3. The van der Waals surface area contributed by atoms with Crippen molar-refractivity contribution in [3.8, 4) is 0 Å². The van der Waals surface area contributed by atoms with Crippen LogP contribution >= 0.6 is 0 Å². The summed E-state index contributed by atoms with van der Waals surface area (Å²) in [6.45, 7) is 1.00. The highest BCUT2D eigenvalue weighted by molar-refractivity contribution is 4.94. The quantitative estimate of drug-likeness (QED) is 0.734. The molecule has 0 amide bonds. The molecule has 2 rings (SSSR count). The second-order valence-corrected chi connectivity index (χ2v) is 3.58. The van der Waals surface area contributed by atoms with Crippen molar-refractivity contribution in [2.75, 3.05) is 7.05 Å². The molecule has 0 aliphatic heterocycles. The highest BCUT2D eigenvalue weighted by Crippen LogP contribution is 2.24. The Bertz CT molecular complexity index is 226. The van der Waals surface area contributed by atoms with Crippen molar-refractivity contribution in [1.82, 2.24) is 14.9 Å². The number of nitrogens with one attached hydrogen (secondary N) is 1. The molecule has 0 saturated heterocycles. The number of nitrogens with zero attached hydrogens (tertiary/aromatic N) is 2. The van der Waals surface area contributed by atoms with Crippen molar-refractivity contribution in [1.29, 1.82) is 0 Å². The minimum atomic E-state index is 0.813. The number of aromatic amines is 1. The number of H-pyrrole nitrogens is 1. The zero-order chi connectivity index (χ0) is 8.39. The van der Waals surface area contributed by atoms with Crippen LogP contribution in [0, 0.1) is 0 Å². The average molecular weight is 165 g/mol. The lowest BCUT2D eigenvalue weighted by Crippen LogP contribution is -2.36. The van der Waals surface area contributed by atoms with Crippen molar-refractivity contribution >= 4 is 0 Å². The maximum atomic E-state index is 4.00. The molecule has 0 radical (unpaired) electrons. The average Bonchev–Trinajstić information content (AvgIpc) is 2.34. The molecule has 0 spiro atoms. The van der Waals surface area contributed by atoms with Crippen LogP contribution in [-0.4, -0.2) is 28.0 Å². The summed E-state index contributed by atoms with van der Waals surface area (Å²) >= 11 is 0. The van der Waals surface area contributed by atoms with Crippen molar-refractivity contribution in [3.63, 3.8) is 0 Å². The maximum absolute atomic E-state index is 4.00. The summed E-state index contributed by atoms with van der Waals surface area (Å²) in [5.41, 5.74) is 1.21. The number of rotatable bonds is 3. The lowest BCUT2D eigenvalue weighted by molar-refractivity contribution is 0.151. The van der Waals surface area contributed by atoms with Crippen LogP contribution in [0.3, 0.4) is 0 Å². The molecule has 0 unspecified atom stereocenters. The van der Waals surface area contributed by atoms with E-state index in [4.69, 9.17) is 0 Å². The fourth-order valence-electron chi connectivity index (χ4n) is 1.60. The van der Waals surface area contributed by atoms with Gasteiger partial charge < -0.3 is 4.98 Å². The summed E-state index contributed by atoms with van der Waals surface area (Å²) in [5, 5.41) is 0. The molecule has 3 nitrogen and oxygen atoms in total. The summed E-state index contributed by atoms with van der Waals surface area (Å²) in [7, 11) is 2.19. The standard InChI is InChI=1S/C9H15N3/c1-12(9-3-2-4-9)6-8-5-10-7-11-8/h5,7,9H,2-4,6H2,1H3,(H,10,11). The largest absolute Gasteiger partial charge is 0.347 e. The highest BCUT2D eigenvalue weighted by atomic mass is 15.1. The van der Waals surface area contributed by atoms with Crippen LogP contribution in [0.1, 0.15) is 25.0 Å². The molecule has 0 bridgehead atoms. The fraction of sp³-hybridized carbons (Fsp3) is 0.667. The van der Waals surface area contributed by atoms with Crippen molar-refractivity contribution in [2.45, 2.75) is 31.8 Å². The summed E-state index contributed by atoms with van der Waals surface area (Å²) in [6, 6.07) is 0.813. The second-order valence-electron chi connectivity index (χ2n) is 3.58. The van der Waals surface area contributed by atoms with Gasteiger partial charge in [0.25, 0.3) is 0 Å². The van der Waals surface area contributed by atoms with E-state index in [-0.39, 0.29) is 0 Å². The molecule has 1 aromatic heterocycles. The fourth-order valence-corrected chi connectivity index (χ4v) is 1.60. The zero-order valence-electron chi connectivity index (χ0n) is 7.45. The van der Waals surface area contributed by atoms with E-state index in [2.05, 4.69) is 21.9 Å². The van der Waals surface area contributed by atoms with Gasteiger partial charge in [0.1, 0.15) is 0 Å². The predicted molar refractivity (Wildman–Crippen MR) is 47.7 cm³/mol. The molecule has 0 atom stereocenters. The Morgan fingerprint density at radius 2 is 2.50 bits per heavy atom. The summed E-state index contributed by atoms with van der Waals surface area (Å²) < 4.78 is 0. The smallest absolute Gasteiger partial charge is 0.0922 e. The van der Waals surface area contributed by atoms with Crippen LogP contribution in [0.2, 0.25) is 0 Å². The van der Waals surface area contributed by atoms with Gasteiger partial charge in [0.05, 0.1) is 6.33 Å². The number of aromatic nitrogens is 2. The summed E-state index contributed by atoms with van der Waals surface area (Å²) in [5.74, 6) is 0. The van der Waals surface area contributed by atoms with Gasteiger partial charge in [0, 0.05) is 24.5 Å². The van der Waals surface area contributed by atoms with Gasteiger partial charge >= 0.3 is 0 Å². The van der Waals surface area contributed by atoms with E-state index in [1.165, 1.54) is 25.0 Å². The van der Waals surface area contributed by atoms with Crippen molar-refractivity contribution in [3.05, 3.63) is 18.2 Å². The predicted octanol–water partition coefficient (Wildman–Crippen LogP) is 1.39. The van der Waals surface area contributed by atoms with E-state index in [9.17, 15) is 0 Å². The Labute approximate surface area is 72.8 Å². The van der Waals surface area contributed by atoms with Crippen molar-refractivity contribution in [2.24, 2.45) is 0 Å². The van der Waals surface area contributed by atoms with E-state index in [0.29, 0.717) is 0 Å². The molecule has 1 fully saturated rings. The monoisotopic (exact) mass is 165 g/mol. The molecule has 0 aromatic carbocycles. The third-order valence-corrected chi connectivity index (χ3v) is 2.67. The minimum Gasteiger partial charge on any atom is -0.347 e. The van der Waals surface area contributed by atoms with Gasteiger partial charge in [0.15, 0.2) is 0 Å². The second kappa shape index (κ2) is 3.27. The van der Waals surface area contributed by atoms with Gasteiger partial charge in [-0.25, -0.2) is 4.98 Å². The Balaban J connectivity index is 1.86. The number of imidazole rings is 1. The van der Waals surface area contributed by atoms with Gasteiger partial charge in [-0.2, -0.15) is 0 Å². The first-order chi connectivity index (χ1) is 5.86. The van der Waals surface area contributed by atoms with Gasteiger partial charge in [-0.3, -0.25) is 4.90 Å². The Kier molecular flexibility index (Phi) is 2.13. The zero-order valence-corrected chi connectivity index (χ0v) is 7.45. The normalized spacial score (nSPS) is 18.2. The third-order valence-electron chi connectivity index (χ3n) is 2.67. The molecule has 1 N–H and O–H groups in total. The lowest BCUT2D eigenvalue weighted by atomic mass is 9.92. The van der Waals surface area contributed by atoms with Crippen LogP contribution in [0.4, 0.5) is 0 Å². The molecule has 12 heavy (non-hydrogen) atoms. The van der Waals surface area contributed by atoms with Gasteiger partial charge in [-0.05, 0) is 19.9 Å². The Morgan fingerprint density at radius 3 is 3.00 bits per heavy atom. The lowest BCUT2D eigenvalue weighted by Gasteiger charge is -2.34. The van der Waals surface area contributed by atoms with Gasteiger partial charge in [-0.15, -0.1) is 0 Å². The topological polar surface area (TPSA) is 31.9 Å². The van der Waals surface area contributed by atoms with Gasteiger partial charge in [-0.1, -0.05) is 6.42 Å². The molecule has 3 heteroatoms. The number of hydrogen-bond donors (Lipinski definition) is 1. The van der Waals surface area contributed by atoms with E-state index in [1.807, 2.05) is 6.20 Å². The van der Waals surface area contributed by atoms with E-state index in [1.54, 1.807) is 6.33 Å². The van der Waals surface area contributed by atoms with Crippen LogP contribution in [-0.2, 0) is 6.54 Å².